The molecule has 5 nitrogen and oxygen atoms in total. The molecule has 3 rings (SSSR count). The van der Waals surface area contributed by atoms with Crippen LogP contribution in [-0.2, 0) is 11.2 Å². The number of anilines is 3. The first kappa shape index (κ1) is 17.9. The van der Waals surface area contributed by atoms with Crippen molar-refractivity contribution in [3.05, 3.63) is 66.2 Å². The first-order valence-electron chi connectivity index (χ1n) is 8.81. The van der Waals surface area contributed by atoms with Gasteiger partial charge in [0.1, 0.15) is 5.82 Å². The van der Waals surface area contributed by atoms with Crippen LogP contribution in [0.1, 0.15) is 12.5 Å². The predicted octanol–water partition coefficient (Wildman–Crippen LogP) is 4.51. The quantitative estimate of drug-likeness (QED) is 0.587. The summed E-state index contributed by atoms with van der Waals surface area (Å²) in [6.45, 7) is 3.45. The lowest BCUT2D eigenvalue weighted by molar-refractivity contribution is 0.210. The molecule has 0 aliphatic heterocycles. The molecule has 0 atom stereocenters. The van der Waals surface area contributed by atoms with E-state index in [0.717, 1.165) is 29.2 Å². The van der Waals surface area contributed by atoms with Crippen LogP contribution < -0.4 is 10.6 Å². The Balaban J connectivity index is 1.87. The van der Waals surface area contributed by atoms with Crippen molar-refractivity contribution in [1.29, 1.82) is 0 Å². The minimum absolute atomic E-state index is 0.565. The molecule has 0 amide bonds. The summed E-state index contributed by atoms with van der Waals surface area (Å²) in [5, 5.41) is 6.59. The van der Waals surface area contributed by atoms with Crippen LogP contribution >= 0.6 is 0 Å². The summed E-state index contributed by atoms with van der Waals surface area (Å²) in [5.74, 6) is 1.33. The van der Waals surface area contributed by atoms with Gasteiger partial charge in [-0.25, -0.2) is 4.98 Å². The molecule has 0 aliphatic carbocycles. The third kappa shape index (κ3) is 4.80. The van der Waals surface area contributed by atoms with Crippen LogP contribution in [0.2, 0.25) is 0 Å². The molecule has 0 radical (unpaired) electrons. The monoisotopic (exact) mass is 348 g/mol. The molecule has 0 spiro atoms. The molecule has 5 heteroatoms. The normalized spacial score (nSPS) is 10.5. The van der Waals surface area contributed by atoms with E-state index in [-0.39, 0.29) is 0 Å². The van der Waals surface area contributed by atoms with E-state index in [1.54, 1.807) is 7.11 Å². The maximum atomic E-state index is 5.10. The van der Waals surface area contributed by atoms with Gasteiger partial charge in [0, 0.05) is 31.0 Å². The minimum Gasteiger partial charge on any atom is -0.383 e. The molecule has 2 aromatic carbocycles. The lowest BCUT2D eigenvalue weighted by Gasteiger charge is -2.11. The lowest BCUT2D eigenvalue weighted by atomic mass is 10.1. The van der Waals surface area contributed by atoms with E-state index in [0.29, 0.717) is 19.1 Å². The first-order chi connectivity index (χ1) is 12.8. The third-order valence-electron chi connectivity index (χ3n) is 4.03. The van der Waals surface area contributed by atoms with Crippen LogP contribution in [0.3, 0.4) is 0 Å². The van der Waals surface area contributed by atoms with Gasteiger partial charge in [-0.3, -0.25) is 0 Å². The van der Waals surface area contributed by atoms with Crippen molar-refractivity contribution in [3.63, 3.8) is 0 Å². The Hall–Kier alpha value is -2.92. The second-order valence-electron chi connectivity index (χ2n) is 5.92. The number of rotatable bonds is 8. The summed E-state index contributed by atoms with van der Waals surface area (Å²) in [4.78, 5) is 9.26. The fourth-order valence-corrected chi connectivity index (χ4v) is 2.58. The van der Waals surface area contributed by atoms with E-state index >= 15 is 0 Å². The number of nitrogens with one attached hydrogen (secondary N) is 2. The largest absolute Gasteiger partial charge is 0.383 e. The molecular weight excluding hydrogens is 324 g/mol. The van der Waals surface area contributed by atoms with Crippen LogP contribution in [-0.4, -0.2) is 30.2 Å². The number of ether oxygens (including phenoxy) is 1. The summed E-state index contributed by atoms with van der Waals surface area (Å²) in [7, 11) is 1.68. The van der Waals surface area contributed by atoms with Crippen LogP contribution in [0.4, 0.5) is 17.5 Å². The minimum atomic E-state index is 0.565. The lowest BCUT2D eigenvalue weighted by Crippen LogP contribution is -2.10. The Morgan fingerprint density at radius 1 is 0.962 bits per heavy atom. The predicted molar refractivity (Wildman–Crippen MR) is 107 cm³/mol. The first-order valence-corrected chi connectivity index (χ1v) is 8.81. The maximum Gasteiger partial charge on any atom is 0.229 e. The third-order valence-corrected chi connectivity index (χ3v) is 4.03. The van der Waals surface area contributed by atoms with Gasteiger partial charge in [0.15, 0.2) is 0 Å². The van der Waals surface area contributed by atoms with Gasteiger partial charge >= 0.3 is 0 Å². The zero-order valence-electron chi connectivity index (χ0n) is 15.2. The SMILES string of the molecule is CCc1ccc(Nc2nc(NCCOC)cc(-c3ccccc3)n2)cc1. The maximum absolute atomic E-state index is 5.10. The average Bonchev–Trinajstić information content (AvgIpc) is 2.69. The molecular formula is C21H24N4O. The van der Waals surface area contributed by atoms with Gasteiger partial charge in [-0.15, -0.1) is 0 Å². The smallest absolute Gasteiger partial charge is 0.229 e. The molecule has 134 valence electrons. The van der Waals surface area contributed by atoms with Gasteiger partial charge in [-0.05, 0) is 24.1 Å². The van der Waals surface area contributed by atoms with Crippen molar-refractivity contribution in [1.82, 2.24) is 9.97 Å². The molecule has 0 aliphatic rings. The van der Waals surface area contributed by atoms with Gasteiger partial charge in [0.25, 0.3) is 0 Å². The fraction of sp³-hybridized carbons (Fsp3) is 0.238. The second-order valence-corrected chi connectivity index (χ2v) is 5.92. The fourth-order valence-electron chi connectivity index (χ4n) is 2.58. The van der Waals surface area contributed by atoms with Gasteiger partial charge in [-0.1, -0.05) is 49.4 Å². The number of nitrogens with zero attached hydrogens (tertiary/aromatic N) is 2. The van der Waals surface area contributed by atoms with E-state index in [2.05, 4.69) is 51.8 Å². The standard InChI is InChI=1S/C21H24N4O/c1-3-16-9-11-18(12-10-16)23-21-24-19(17-7-5-4-6-8-17)15-20(25-21)22-13-14-26-2/h4-12,15H,3,13-14H2,1-2H3,(H2,22,23,24,25). The molecule has 0 saturated heterocycles. The molecule has 0 bridgehead atoms. The van der Waals surface area contributed by atoms with Crippen LogP contribution in [0, 0.1) is 0 Å². The van der Waals surface area contributed by atoms with Crippen molar-refractivity contribution < 1.29 is 4.74 Å². The molecule has 26 heavy (non-hydrogen) atoms. The van der Waals surface area contributed by atoms with Crippen LogP contribution in [0.5, 0.6) is 0 Å². The Morgan fingerprint density at radius 2 is 1.73 bits per heavy atom. The highest BCUT2D eigenvalue weighted by Gasteiger charge is 2.07. The Kier molecular flexibility index (Phi) is 6.17. The number of benzene rings is 2. The molecule has 0 unspecified atom stereocenters. The Labute approximate surface area is 154 Å². The van der Waals surface area contributed by atoms with Crippen molar-refractivity contribution in [3.8, 4) is 11.3 Å². The van der Waals surface area contributed by atoms with Crippen molar-refractivity contribution in [2.24, 2.45) is 0 Å². The zero-order chi connectivity index (χ0) is 18.2. The van der Waals surface area contributed by atoms with E-state index in [4.69, 9.17) is 4.74 Å². The average molecular weight is 348 g/mol. The summed E-state index contributed by atoms with van der Waals surface area (Å²) in [6.07, 6.45) is 1.02. The number of methoxy groups -OCH3 is 1. The van der Waals surface area contributed by atoms with Crippen LogP contribution in [0.25, 0.3) is 11.3 Å². The second kappa shape index (κ2) is 8.97. The molecule has 1 heterocycles. The van der Waals surface area contributed by atoms with Crippen LogP contribution in [0.15, 0.2) is 60.7 Å². The topological polar surface area (TPSA) is 59.1 Å². The van der Waals surface area contributed by atoms with Crippen molar-refractivity contribution >= 4 is 17.5 Å². The van der Waals surface area contributed by atoms with E-state index < -0.39 is 0 Å². The van der Waals surface area contributed by atoms with Crippen molar-refractivity contribution in [2.75, 3.05) is 30.9 Å². The van der Waals surface area contributed by atoms with Gasteiger partial charge < -0.3 is 15.4 Å². The Bertz CT molecular complexity index is 819. The molecule has 3 aromatic rings. The molecule has 0 fully saturated rings. The van der Waals surface area contributed by atoms with Crippen molar-refractivity contribution in [2.45, 2.75) is 13.3 Å². The van der Waals surface area contributed by atoms with E-state index in [1.165, 1.54) is 5.56 Å². The zero-order valence-corrected chi connectivity index (χ0v) is 15.2. The summed E-state index contributed by atoms with van der Waals surface area (Å²) < 4.78 is 5.10. The number of hydrogen-bond donors (Lipinski definition) is 2. The highest BCUT2D eigenvalue weighted by atomic mass is 16.5. The highest BCUT2D eigenvalue weighted by Crippen LogP contribution is 2.23. The van der Waals surface area contributed by atoms with E-state index in [9.17, 15) is 0 Å². The van der Waals surface area contributed by atoms with E-state index in [1.807, 2.05) is 36.4 Å². The van der Waals surface area contributed by atoms with Gasteiger partial charge in [0.05, 0.1) is 12.3 Å². The summed E-state index contributed by atoms with van der Waals surface area (Å²) in [5.41, 5.74) is 4.19. The Morgan fingerprint density at radius 3 is 2.42 bits per heavy atom. The van der Waals surface area contributed by atoms with Gasteiger partial charge in [0.2, 0.25) is 5.95 Å². The molecule has 2 N–H and O–H groups in total. The van der Waals surface area contributed by atoms with Gasteiger partial charge in [-0.2, -0.15) is 4.98 Å². The summed E-state index contributed by atoms with van der Waals surface area (Å²) >= 11 is 0. The summed E-state index contributed by atoms with van der Waals surface area (Å²) in [6, 6.07) is 20.4. The molecule has 1 aromatic heterocycles. The number of aryl methyl sites for hydroxylation is 1. The number of hydrogen-bond acceptors (Lipinski definition) is 5. The highest BCUT2D eigenvalue weighted by molar-refractivity contribution is 5.66. The molecule has 0 saturated carbocycles. The number of aromatic nitrogens is 2.